The molecule has 4 rings (SSSR count). The lowest BCUT2D eigenvalue weighted by molar-refractivity contribution is -0.143. The molecule has 0 saturated carbocycles. The molecule has 1 amide bonds. The molecule has 4 nitrogen and oxygen atoms in total. The molecule has 0 bridgehead atoms. The first-order valence-electron chi connectivity index (χ1n) is 10.9. The zero-order chi connectivity index (χ0) is 25.9. The molecule has 2 aromatic carbocycles. The Hall–Kier alpha value is -2.66. The number of hydrogen-bond donors (Lipinski definition) is 1. The van der Waals surface area contributed by atoms with E-state index in [-0.39, 0.29) is 30.5 Å². The minimum absolute atomic E-state index is 0.0494. The van der Waals surface area contributed by atoms with Crippen LogP contribution in [0.3, 0.4) is 0 Å². The minimum atomic E-state index is -4.99. The zero-order valence-corrected chi connectivity index (χ0v) is 18.8. The van der Waals surface area contributed by atoms with Gasteiger partial charge in [-0.2, -0.15) is 26.3 Å². The number of fused-ring (bicyclic) bond motifs is 1. The number of rotatable bonds is 4. The van der Waals surface area contributed by atoms with Crippen LogP contribution in [0.4, 0.5) is 30.7 Å². The van der Waals surface area contributed by atoms with Gasteiger partial charge in [-0.3, -0.25) is 4.79 Å². The van der Waals surface area contributed by atoms with Gasteiger partial charge < -0.3 is 15.4 Å². The molecule has 2 fully saturated rings. The van der Waals surface area contributed by atoms with Gasteiger partial charge in [0, 0.05) is 24.4 Å². The second-order valence-electron chi connectivity index (χ2n) is 9.41. The van der Waals surface area contributed by atoms with Crippen molar-refractivity contribution in [1.29, 1.82) is 0 Å². The standard InChI is InChI=1S/C24H23F7N2O2/c1-12(14-7-15(23(26,27)28)9-16(8-14)24(29,30)31)35-18-11-33-19(34)10-22(2,32)21(33)20(18)13-3-5-17(25)6-4-13/h3-9,12,18,20-21H,10-11,32H2,1-2H3/t12-,18+,20?,21-,22?/m1/s1. The number of carbonyl (C=O) groups excluding carboxylic acids is 1. The number of benzene rings is 2. The molecule has 35 heavy (non-hydrogen) atoms. The number of hydrogen-bond acceptors (Lipinski definition) is 3. The maximum Gasteiger partial charge on any atom is 0.416 e. The fraction of sp³-hybridized carbons (Fsp3) is 0.458. The fourth-order valence-electron chi connectivity index (χ4n) is 5.14. The highest BCUT2D eigenvalue weighted by atomic mass is 19.4. The van der Waals surface area contributed by atoms with Crippen molar-refractivity contribution in [2.45, 2.75) is 62.3 Å². The third kappa shape index (κ3) is 4.88. The van der Waals surface area contributed by atoms with Crippen LogP contribution in [-0.4, -0.2) is 35.0 Å². The normalized spacial score (nSPS) is 27.9. The Morgan fingerprint density at radius 1 is 1.03 bits per heavy atom. The molecule has 2 unspecified atom stereocenters. The molecular weight excluding hydrogens is 481 g/mol. The molecule has 11 heteroatoms. The van der Waals surface area contributed by atoms with Crippen molar-refractivity contribution in [3.8, 4) is 0 Å². The molecule has 0 spiro atoms. The van der Waals surface area contributed by atoms with Crippen LogP contribution in [0.2, 0.25) is 0 Å². The predicted octanol–water partition coefficient (Wildman–Crippen LogP) is 5.43. The van der Waals surface area contributed by atoms with Crippen LogP contribution in [-0.2, 0) is 21.9 Å². The summed E-state index contributed by atoms with van der Waals surface area (Å²) < 4.78 is 99.4. The first-order chi connectivity index (χ1) is 16.1. The van der Waals surface area contributed by atoms with Gasteiger partial charge in [0.15, 0.2) is 0 Å². The fourth-order valence-corrected chi connectivity index (χ4v) is 5.14. The summed E-state index contributed by atoms with van der Waals surface area (Å²) >= 11 is 0. The molecule has 2 N–H and O–H groups in total. The van der Waals surface area contributed by atoms with Crippen molar-refractivity contribution in [3.63, 3.8) is 0 Å². The third-order valence-electron chi connectivity index (χ3n) is 6.69. The van der Waals surface area contributed by atoms with Crippen LogP contribution in [0.15, 0.2) is 42.5 Å². The van der Waals surface area contributed by atoms with Crippen LogP contribution in [0.1, 0.15) is 54.5 Å². The van der Waals surface area contributed by atoms with E-state index in [0.29, 0.717) is 17.7 Å². The Balaban J connectivity index is 1.70. The molecule has 0 radical (unpaired) electrons. The zero-order valence-electron chi connectivity index (χ0n) is 18.8. The summed E-state index contributed by atoms with van der Waals surface area (Å²) in [6.07, 6.45) is -11.9. The second kappa shape index (κ2) is 8.48. The number of ether oxygens (including phenoxy) is 1. The summed E-state index contributed by atoms with van der Waals surface area (Å²) in [5.74, 6) is -1.28. The molecule has 2 saturated heterocycles. The van der Waals surface area contributed by atoms with Crippen LogP contribution in [0, 0.1) is 5.82 Å². The average Bonchev–Trinajstić information content (AvgIpc) is 3.22. The number of nitrogens with two attached hydrogens (primary N) is 1. The van der Waals surface area contributed by atoms with E-state index in [0.717, 1.165) is 0 Å². The van der Waals surface area contributed by atoms with Gasteiger partial charge in [0.25, 0.3) is 0 Å². The van der Waals surface area contributed by atoms with Crippen LogP contribution < -0.4 is 5.73 Å². The molecule has 2 aliphatic rings. The van der Waals surface area contributed by atoms with Crippen molar-refractivity contribution in [3.05, 3.63) is 70.5 Å². The molecule has 2 aliphatic heterocycles. The smallest absolute Gasteiger partial charge is 0.368 e. The first kappa shape index (κ1) is 25.4. The van der Waals surface area contributed by atoms with Crippen molar-refractivity contribution >= 4 is 5.91 Å². The number of carbonyl (C=O) groups is 1. The van der Waals surface area contributed by atoms with Gasteiger partial charge in [-0.05, 0) is 55.3 Å². The van der Waals surface area contributed by atoms with Crippen molar-refractivity contribution < 1.29 is 40.3 Å². The maximum absolute atomic E-state index is 13.5. The van der Waals surface area contributed by atoms with Crippen molar-refractivity contribution in [1.82, 2.24) is 4.90 Å². The monoisotopic (exact) mass is 504 g/mol. The Kier molecular flexibility index (Phi) is 6.16. The van der Waals surface area contributed by atoms with E-state index >= 15 is 0 Å². The summed E-state index contributed by atoms with van der Waals surface area (Å²) in [7, 11) is 0. The minimum Gasteiger partial charge on any atom is -0.368 e. The Morgan fingerprint density at radius 3 is 2.09 bits per heavy atom. The molecule has 0 aliphatic carbocycles. The Labute approximate surface area is 196 Å². The lowest BCUT2D eigenvalue weighted by Crippen LogP contribution is -2.49. The molecular formula is C24H23F7N2O2. The third-order valence-corrected chi connectivity index (χ3v) is 6.69. The van der Waals surface area contributed by atoms with E-state index in [1.54, 1.807) is 6.92 Å². The largest absolute Gasteiger partial charge is 0.416 e. The number of amides is 1. The van der Waals surface area contributed by atoms with E-state index < -0.39 is 59.0 Å². The lowest BCUT2D eigenvalue weighted by atomic mass is 9.80. The van der Waals surface area contributed by atoms with E-state index in [9.17, 15) is 35.5 Å². The van der Waals surface area contributed by atoms with Crippen LogP contribution in [0.25, 0.3) is 0 Å². The van der Waals surface area contributed by atoms with Gasteiger partial charge in [0.2, 0.25) is 5.91 Å². The van der Waals surface area contributed by atoms with Gasteiger partial charge in [-0.15, -0.1) is 0 Å². The Morgan fingerprint density at radius 2 is 1.57 bits per heavy atom. The van der Waals surface area contributed by atoms with E-state index in [1.807, 2.05) is 0 Å². The first-order valence-corrected chi connectivity index (χ1v) is 10.9. The number of halogens is 7. The molecule has 2 aromatic rings. The average molecular weight is 504 g/mol. The highest BCUT2D eigenvalue weighted by Crippen LogP contribution is 2.47. The van der Waals surface area contributed by atoms with E-state index in [1.165, 1.54) is 36.1 Å². The van der Waals surface area contributed by atoms with Crippen molar-refractivity contribution in [2.24, 2.45) is 5.73 Å². The summed E-state index contributed by atoms with van der Waals surface area (Å²) in [6.45, 7) is 3.10. The quantitative estimate of drug-likeness (QED) is 0.566. The van der Waals surface area contributed by atoms with Gasteiger partial charge in [0.1, 0.15) is 5.82 Å². The topological polar surface area (TPSA) is 55.6 Å². The second-order valence-corrected chi connectivity index (χ2v) is 9.41. The van der Waals surface area contributed by atoms with E-state index in [2.05, 4.69) is 0 Å². The number of nitrogens with zero attached hydrogens (tertiary/aromatic N) is 1. The summed E-state index contributed by atoms with van der Waals surface area (Å²) in [4.78, 5) is 14.1. The SMILES string of the molecule is C[C@@H](O[C@H]1CN2C(=O)CC(C)(N)[C@H]2C1c1ccc(F)cc1)c1cc(C(F)(F)F)cc(C(F)(F)F)c1. The van der Waals surface area contributed by atoms with Gasteiger partial charge in [-0.1, -0.05) is 12.1 Å². The summed E-state index contributed by atoms with van der Waals surface area (Å²) in [5.41, 5.74) is 2.86. The predicted molar refractivity (Wildman–Crippen MR) is 112 cm³/mol. The molecule has 190 valence electrons. The highest BCUT2D eigenvalue weighted by molar-refractivity contribution is 5.82. The van der Waals surface area contributed by atoms with E-state index in [4.69, 9.17) is 10.5 Å². The summed E-state index contributed by atoms with van der Waals surface area (Å²) in [5, 5.41) is 0. The van der Waals surface area contributed by atoms with Gasteiger partial charge >= 0.3 is 12.4 Å². The molecule has 0 aromatic heterocycles. The maximum atomic E-state index is 13.5. The van der Waals surface area contributed by atoms with Gasteiger partial charge in [0.05, 0.1) is 29.4 Å². The molecule has 5 atom stereocenters. The summed E-state index contributed by atoms with van der Waals surface area (Å²) in [6, 6.07) is 6.25. The van der Waals surface area contributed by atoms with Crippen molar-refractivity contribution in [2.75, 3.05) is 6.54 Å². The highest BCUT2D eigenvalue weighted by Gasteiger charge is 2.57. The van der Waals surface area contributed by atoms with Crippen LogP contribution >= 0.6 is 0 Å². The Bertz CT molecular complexity index is 1080. The molecule has 2 heterocycles. The lowest BCUT2D eigenvalue weighted by Gasteiger charge is -2.33. The van der Waals surface area contributed by atoms with Gasteiger partial charge in [-0.25, -0.2) is 4.39 Å². The number of alkyl halides is 6. The van der Waals surface area contributed by atoms with Crippen LogP contribution in [0.5, 0.6) is 0 Å².